The Morgan fingerprint density at radius 2 is 1.72 bits per heavy atom. The van der Waals surface area contributed by atoms with Crippen LogP contribution in [-0.2, 0) is 21.6 Å². The molecule has 1 aliphatic carbocycles. The van der Waals surface area contributed by atoms with Crippen molar-refractivity contribution in [1.82, 2.24) is 0 Å². The first kappa shape index (κ1) is 31.6. The van der Waals surface area contributed by atoms with E-state index in [9.17, 15) is 9.90 Å². The predicted octanol–water partition coefficient (Wildman–Crippen LogP) is 8.00. The Bertz CT molecular complexity index is 1410. The number of hydrogen-bond acceptors (Lipinski definition) is 5. The van der Waals surface area contributed by atoms with Crippen LogP contribution in [0.5, 0.6) is 11.5 Å². The minimum atomic E-state index is -1.05. The van der Waals surface area contributed by atoms with Crippen molar-refractivity contribution in [2.45, 2.75) is 103 Å². The molecule has 43 heavy (non-hydrogen) atoms. The van der Waals surface area contributed by atoms with Gasteiger partial charge < -0.3 is 24.2 Å². The highest BCUT2D eigenvalue weighted by atomic mass is 35.5. The Morgan fingerprint density at radius 3 is 2.28 bits per heavy atom. The highest BCUT2D eigenvalue weighted by Crippen LogP contribution is 2.48. The van der Waals surface area contributed by atoms with Crippen LogP contribution in [0.3, 0.4) is 0 Å². The van der Waals surface area contributed by atoms with Gasteiger partial charge in [-0.15, -0.1) is 0 Å². The van der Waals surface area contributed by atoms with Crippen LogP contribution in [0.2, 0.25) is 0 Å². The van der Waals surface area contributed by atoms with E-state index >= 15 is 0 Å². The fraction of sp³-hybridized carbons (Fsp3) is 0.528. The van der Waals surface area contributed by atoms with Crippen molar-refractivity contribution >= 4 is 23.2 Å². The lowest BCUT2D eigenvalue weighted by Crippen LogP contribution is -2.50. The van der Waals surface area contributed by atoms with Crippen molar-refractivity contribution in [1.29, 1.82) is 0 Å². The fourth-order valence-electron chi connectivity index (χ4n) is 7.35. The van der Waals surface area contributed by atoms with Gasteiger partial charge in [-0.1, -0.05) is 35.9 Å². The minimum Gasteiger partial charge on any atom is -0.493 e. The summed E-state index contributed by atoms with van der Waals surface area (Å²) in [6.45, 7) is 14.3. The molecule has 1 N–H and O–H groups in total. The highest BCUT2D eigenvalue weighted by molar-refractivity contribution is 6.31. The molecular formula is C36H46ClNO5. The topological polar surface area (TPSA) is 68.2 Å². The van der Waals surface area contributed by atoms with E-state index < -0.39 is 5.60 Å². The van der Waals surface area contributed by atoms with E-state index in [1.54, 1.807) is 7.11 Å². The molecule has 2 aromatic carbocycles. The number of carbonyl (C=O) groups is 1. The lowest BCUT2D eigenvalue weighted by atomic mass is 9.70. The second kappa shape index (κ2) is 11.6. The molecule has 0 saturated carbocycles. The minimum absolute atomic E-state index is 0.0126. The van der Waals surface area contributed by atoms with Gasteiger partial charge >= 0.3 is 0 Å². The summed E-state index contributed by atoms with van der Waals surface area (Å²) >= 11 is 6.31. The number of aliphatic hydroxyl groups is 1. The predicted molar refractivity (Wildman–Crippen MR) is 172 cm³/mol. The van der Waals surface area contributed by atoms with Crippen LogP contribution in [-0.4, -0.2) is 35.4 Å². The number of rotatable bonds is 7. The van der Waals surface area contributed by atoms with Crippen LogP contribution in [0.25, 0.3) is 0 Å². The molecule has 0 aromatic heterocycles. The molecular weight excluding hydrogens is 562 g/mol. The van der Waals surface area contributed by atoms with E-state index in [-0.39, 0.29) is 47.5 Å². The van der Waals surface area contributed by atoms with E-state index in [0.29, 0.717) is 23.0 Å². The lowest BCUT2D eigenvalue weighted by Gasteiger charge is -2.49. The molecule has 3 atom stereocenters. The van der Waals surface area contributed by atoms with E-state index in [1.807, 2.05) is 74.2 Å². The number of hydrogen-bond donors (Lipinski definition) is 1. The lowest BCUT2D eigenvalue weighted by molar-refractivity contribution is -0.201. The van der Waals surface area contributed by atoms with Crippen LogP contribution < -0.4 is 14.4 Å². The summed E-state index contributed by atoms with van der Waals surface area (Å²) in [5, 5.41) is 12.6. The zero-order valence-corrected chi connectivity index (χ0v) is 27.5. The first-order chi connectivity index (χ1) is 20.1. The Morgan fingerprint density at radius 1 is 1.07 bits per heavy atom. The van der Waals surface area contributed by atoms with E-state index in [0.717, 1.165) is 35.2 Å². The second-order valence-corrected chi connectivity index (χ2v) is 14.5. The third-order valence-electron chi connectivity index (χ3n) is 9.04. The number of benzene rings is 2. The molecule has 0 bridgehead atoms. The first-order valence-electron chi connectivity index (χ1n) is 15.4. The zero-order valence-electron chi connectivity index (χ0n) is 26.7. The van der Waals surface area contributed by atoms with Gasteiger partial charge in [0.25, 0.3) is 0 Å². The number of nitrogens with zero attached hydrogens (tertiary/aromatic N) is 1. The monoisotopic (exact) mass is 607 g/mol. The summed E-state index contributed by atoms with van der Waals surface area (Å²) in [6, 6.07) is 11.6. The summed E-state index contributed by atoms with van der Waals surface area (Å²) < 4.78 is 18.1. The molecule has 6 nitrogen and oxygen atoms in total. The van der Waals surface area contributed by atoms with Crippen molar-refractivity contribution < 1.29 is 24.1 Å². The molecule has 3 aliphatic rings. The number of fused-ring (bicyclic) bond motifs is 1. The quantitative estimate of drug-likeness (QED) is 0.345. The van der Waals surface area contributed by atoms with Crippen LogP contribution in [0.1, 0.15) is 90.5 Å². The maximum Gasteiger partial charge on any atom is 0.232 e. The molecule has 7 heteroatoms. The van der Waals surface area contributed by atoms with Crippen molar-refractivity contribution in [3.8, 4) is 11.5 Å². The van der Waals surface area contributed by atoms with Crippen LogP contribution >= 0.6 is 11.6 Å². The summed E-state index contributed by atoms with van der Waals surface area (Å²) in [5.74, 6) is 1.34. The zero-order chi connectivity index (χ0) is 31.3. The van der Waals surface area contributed by atoms with Gasteiger partial charge in [-0.3, -0.25) is 4.79 Å². The molecule has 2 aromatic rings. The van der Waals surface area contributed by atoms with E-state index in [2.05, 4.69) is 33.8 Å². The molecule has 2 aliphatic heterocycles. The van der Waals surface area contributed by atoms with E-state index in [1.165, 1.54) is 0 Å². The van der Waals surface area contributed by atoms with Gasteiger partial charge in [0.05, 0.1) is 42.5 Å². The van der Waals surface area contributed by atoms with Crippen LogP contribution in [0, 0.1) is 11.8 Å². The summed E-state index contributed by atoms with van der Waals surface area (Å²) in [5.41, 5.74) is 1.90. The Balaban J connectivity index is 1.53. The van der Waals surface area contributed by atoms with E-state index in [4.69, 9.17) is 25.8 Å². The van der Waals surface area contributed by atoms with Gasteiger partial charge in [0.15, 0.2) is 11.5 Å². The molecule has 232 valence electrons. The summed E-state index contributed by atoms with van der Waals surface area (Å²) in [7, 11) is 1.62. The summed E-state index contributed by atoms with van der Waals surface area (Å²) in [4.78, 5) is 15.8. The molecule has 2 heterocycles. The maximum atomic E-state index is 13.9. The van der Waals surface area contributed by atoms with Crippen LogP contribution in [0.15, 0.2) is 59.7 Å². The first-order valence-corrected chi connectivity index (χ1v) is 15.7. The maximum absolute atomic E-state index is 13.9. The van der Waals surface area contributed by atoms with Gasteiger partial charge in [0.1, 0.15) is 0 Å². The molecule has 0 radical (unpaired) electrons. The number of anilines is 1. The number of ether oxygens (including phenoxy) is 3. The Labute approximate surface area is 261 Å². The second-order valence-electron chi connectivity index (χ2n) is 14.0. The number of amides is 1. The Hall–Kier alpha value is -2.80. The third-order valence-corrected chi connectivity index (χ3v) is 9.32. The summed E-state index contributed by atoms with van der Waals surface area (Å²) in [6.07, 6.45) is 8.46. The molecule has 1 fully saturated rings. The SMILES string of the molecule is COc1cc2c(cc1OC(C)C)C(C1C=CC(Cl)=CC1)N(c1ccc(C(C)(O)C3CC(C)(C)OC(C)(C)C3)cc1)C(=O)C2. The molecule has 1 amide bonds. The molecule has 1 saturated heterocycles. The number of allylic oxidation sites excluding steroid dienone is 3. The van der Waals surface area contributed by atoms with Crippen molar-refractivity contribution in [3.05, 3.63) is 76.3 Å². The number of methoxy groups -OCH3 is 1. The smallest absolute Gasteiger partial charge is 0.232 e. The van der Waals surface area contributed by atoms with Crippen molar-refractivity contribution in [2.24, 2.45) is 11.8 Å². The third kappa shape index (κ3) is 6.52. The molecule has 3 unspecified atom stereocenters. The normalized spacial score (nSPS) is 24.8. The average Bonchev–Trinajstić information content (AvgIpc) is 2.91. The van der Waals surface area contributed by atoms with Gasteiger partial charge in [-0.05, 0) is 121 Å². The number of carbonyl (C=O) groups excluding carboxylic acids is 1. The standard InChI is InChI=1S/C36H46ClNO5/c1-22(2)42-31-19-29-24(17-30(31)41-8)18-32(39)38(33(29)23-9-13-27(37)14-10-23)28-15-11-25(12-16-28)36(7,40)26-20-34(3,4)43-35(5,6)21-26/h9,11-17,19,22-23,26,33,40H,10,18,20-21H2,1-8H3. The van der Waals surface area contributed by atoms with Gasteiger partial charge in [-0.25, -0.2) is 0 Å². The Kier molecular flexibility index (Phi) is 8.54. The van der Waals surface area contributed by atoms with Crippen molar-refractivity contribution in [3.63, 3.8) is 0 Å². The fourth-order valence-corrected chi connectivity index (χ4v) is 7.51. The number of halogens is 1. The van der Waals surface area contributed by atoms with Gasteiger partial charge in [0, 0.05) is 16.6 Å². The molecule has 5 rings (SSSR count). The molecule has 0 spiro atoms. The average molecular weight is 608 g/mol. The largest absolute Gasteiger partial charge is 0.493 e. The highest BCUT2D eigenvalue weighted by Gasteiger charge is 2.47. The van der Waals surface area contributed by atoms with Crippen molar-refractivity contribution in [2.75, 3.05) is 12.0 Å². The van der Waals surface area contributed by atoms with Crippen LogP contribution in [0.4, 0.5) is 5.69 Å². The van der Waals surface area contributed by atoms with Gasteiger partial charge in [0.2, 0.25) is 5.91 Å². The van der Waals surface area contributed by atoms with Gasteiger partial charge in [-0.2, -0.15) is 0 Å².